The second kappa shape index (κ2) is 4.96. The lowest BCUT2D eigenvalue weighted by molar-refractivity contribution is -0.116. The van der Waals surface area contributed by atoms with E-state index < -0.39 is 0 Å². The van der Waals surface area contributed by atoms with E-state index in [0.717, 1.165) is 11.3 Å². The van der Waals surface area contributed by atoms with E-state index in [1.807, 2.05) is 13.0 Å². The van der Waals surface area contributed by atoms with E-state index >= 15 is 0 Å². The second-order valence-electron chi connectivity index (χ2n) is 4.19. The Hall–Kier alpha value is -2.23. The van der Waals surface area contributed by atoms with Crippen molar-refractivity contribution in [1.29, 1.82) is 0 Å². The van der Waals surface area contributed by atoms with Gasteiger partial charge in [-0.3, -0.25) is 9.59 Å². The molecule has 1 aliphatic carbocycles. The highest BCUT2D eigenvalue weighted by Crippen LogP contribution is 2.26. The number of amides is 2. The number of allylic oxidation sites excluding steroid dienone is 4. The standard InChI is InChI=1S/C14H14N2O2/c1-3-4-13(17)15-10-5-6-11-9(2)7-14(18)16-12(11)8-10/h3-8,11H,1-2H3,(H,16,18)/b4-3-,15-10?. The highest BCUT2D eigenvalue weighted by Gasteiger charge is 2.23. The molecule has 0 spiro atoms. The normalized spacial score (nSPS) is 24.7. The molecular formula is C14H14N2O2. The van der Waals surface area contributed by atoms with Gasteiger partial charge >= 0.3 is 0 Å². The molecular weight excluding hydrogens is 228 g/mol. The maximum Gasteiger partial charge on any atom is 0.269 e. The van der Waals surface area contributed by atoms with Crippen LogP contribution in [0, 0.1) is 5.92 Å². The third-order valence-corrected chi connectivity index (χ3v) is 2.76. The van der Waals surface area contributed by atoms with Crippen LogP contribution in [0.2, 0.25) is 0 Å². The third kappa shape index (κ3) is 2.53. The van der Waals surface area contributed by atoms with Crippen LogP contribution in [0.1, 0.15) is 13.8 Å². The minimum Gasteiger partial charge on any atom is -0.325 e. The number of hydrogen-bond donors (Lipinski definition) is 1. The van der Waals surface area contributed by atoms with Gasteiger partial charge in [-0.25, -0.2) is 4.99 Å². The molecule has 0 radical (unpaired) electrons. The maximum absolute atomic E-state index is 11.4. The molecule has 0 saturated heterocycles. The maximum atomic E-state index is 11.4. The summed E-state index contributed by atoms with van der Waals surface area (Å²) in [6.07, 6.45) is 10.1. The molecule has 1 heterocycles. The summed E-state index contributed by atoms with van der Waals surface area (Å²) in [5, 5.41) is 2.77. The summed E-state index contributed by atoms with van der Waals surface area (Å²) in [4.78, 5) is 26.7. The smallest absolute Gasteiger partial charge is 0.269 e. The predicted molar refractivity (Wildman–Crippen MR) is 69.9 cm³/mol. The number of fused-ring (bicyclic) bond motifs is 1. The van der Waals surface area contributed by atoms with E-state index in [9.17, 15) is 9.59 Å². The van der Waals surface area contributed by atoms with Crippen LogP contribution < -0.4 is 5.32 Å². The molecule has 2 rings (SSSR count). The van der Waals surface area contributed by atoms with E-state index in [0.29, 0.717) is 5.71 Å². The molecule has 0 aromatic rings. The number of nitrogens with one attached hydrogen (secondary N) is 1. The van der Waals surface area contributed by atoms with Gasteiger partial charge in [0.05, 0.1) is 5.71 Å². The molecule has 0 bridgehead atoms. The van der Waals surface area contributed by atoms with E-state index in [2.05, 4.69) is 10.3 Å². The quantitative estimate of drug-likeness (QED) is 0.711. The molecule has 0 fully saturated rings. The van der Waals surface area contributed by atoms with Gasteiger partial charge in [0.1, 0.15) is 0 Å². The number of carbonyl (C=O) groups excluding carboxylic acids is 2. The first kappa shape index (κ1) is 12.2. The average Bonchev–Trinajstić information content (AvgIpc) is 2.28. The van der Waals surface area contributed by atoms with E-state index in [1.54, 1.807) is 31.2 Å². The molecule has 18 heavy (non-hydrogen) atoms. The molecule has 1 unspecified atom stereocenters. The number of aliphatic imine (C=N–C) groups is 1. The molecule has 1 atom stereocenters. The van der Waals surface area contributed by atoms with Crippen molar-refractivity contribution in [2.24, 2.45) is 10.9 Å². The molecule has 2 amide bonds. The van der Waals surface area contributed by atoms with Crippen molar-refractivity contribution in [3.05, 3.63) is 47.7 Å². The summed E-state index contributed by atoms with van der Waals surface area (Å²) in [6, 6.07) is 0. The van der Waals surface area contributed by atoms with Crippen LogP contribution in [0.25, 0.3) is 0 Å². The molecule has 4 heteroatoms. The predicted octanol–water partition coefficient (Wildman–Crippen LogP) is 1.68. The van der Waals surface area contributed by atoms with Gasteiger partial charge in [0, 0.05) is 23.8 Å². The number of nitrogens with zero attached hydrogens (tertiary/aromatic N) is 1. The topological polar surface area (TPSA) is 58.5 Å². The Morgan fingerprint density at radius 1 is 1.44 bits per heavy atom. The summed E-state index contributed by atoms with van der Waals surface area (Å²) in [5.74, 6) is -0.357. The van der Waals surface area contributed by atoms with Gasteiger partial charge in [-0.1, -0.05) is 17.7 Å². The van der Waals surface area contributed by atoms with Crippen LogP contribution in [0.4, 0.5) is 0 Å². The van der Waals surface area contributed by atoms with Crippen molar-refractivity contribution in [2.75, 3.05) is 0 Å². The van der Waals surface area contributed by atoms with Crippen LogP contribution in [0.15, 0.2) is 52.7 Å². The summed E-state index contributed by atoms with van der Waals surface area (Å²) < 4.78 is 0. The first-order valence-corrected chi connectivity index (χ1v) is 5.74. The third-order valence-electron chi connectivity index (χ3n) is 2.76. The lowest BCUT2D eigenvalue weighted by atomic mass is 9.89. The van der Waals surface area contributed by atoms with Gasteiger partial charge in [0.25, 0.3) is 5.91 Å². The van der Waals surface area contributed by atoms with Gasteiger partial charge in [0.2, 0.25) is 5.91 Å². The Labute approximate surface area is 105 Å². The van der Waals surface area contributed by atoms with Crippen LogP contribution in [-0.2, 0) is 9.59 Å². The highest BCUT2D eigenvalue weighted by molar-refractivity contribution is 6.12. The minimum atomic E-state index is -0.304. The lowest BCUT2D eigenvalue weighted by Crippen LogP contribution is -2.32. The zero-order valence-corrected chi connectivity index (χ0v) is 10.3. The van der Waals surface area contributed by atoms with Crippen LogP contribution in [0.5, 0.6) is 0 Å². The monoisotopic (exact) mass is 242 g/mol. The van der Waals surface area contributed by atoms with Crippen molar-refractivity contribution < 1.29 is 9.59 Å². The summed E-state index contributed by atoms with van der Waals surface area (Å²) in [7, 11) is 0. The van der Waals surface area contributed by atoms with Crippen LogP contribution in [0.3, 0.4) is 0 Å². The fourth-order valence-electron chi connectivity index (χ4n) is 1.96. The van der Waals surface area contributed by atoms with Crippen LogP contribution in [-0.4, -0.2) is 17.5 Å². The Balaban J connectivity index is 2.28. The van der Waals surface area contributed by atoms with Crippen LogP contribution >= 0.6 is 0 Å². The SMILES string of the molecule is C/C=C\C(=O)N=C1C=CC2C(C)=CC(=O)NC2=C1. The minimum absolute atomic E-state index is 0.0819. The Morgan fingerprint density at radius 2 is 2.22 bits per heavy atom. The Kier molecular flexibility index (Phi) is 3.37. The number of hydrogen-bond acceptors (Lipinski definition) is 2. The fourth-order valence-corrected chi connectivity index (χ4v) is 1.96. The Morgan fingerprint density at radius 3 is 2.94 bits per heavy atom. The molecule has 92 valence electrons. The fraction of sp³-hybridized carbons (Fsp3) is 0.214. The van der Waals surface area contributed by atoms with Crippen molar-refractivity contribution in [1.82, 2.24) is 5.32 Å². The summed E-state index contributed by atoms with van der Waals surface area (Å²) in [6.45, 7) is 3.67. The molecule has 0 saturated carbocycles. The van der Waals surface area contributed by atoms with Gasteiger partial charge in [-0.2, -0.15) is 0 Å². The van der Waals surface area contributed by atoms with E-state index in [-0.39, 0.29) is 17.7 Å². The zero-order chi connectivity index (χ0) is 13.1. The summed E-state index contributed by atoms with van der Waals surface area (Å²) in [5.41, 5.74) is 2.31. The first-order chi connectivity index (χ1) is 8.60. The first-order valence-electron chi connectivity index (χ1n) is 5.74. The molecule has 0 aromatic carbocycles. The van der Waals surface area contributed by atoms with E-state index in [1.165, 1.54) is 6.08 Å². The van der Waals surface area contributed by atoms with Crippen molar-refractivity contribution in [3.63, 3.8) is 0 Å². The molecule has 0 aromatic heterocycles. The number of carbonyl (C=O) groups is 2. The summed E-state index contributed by atoms with van der Waals surface area (Å²) >= 11 is 0. The molecule has 1 aliphatic heterocycles. The molecule has 2 aliphatic rings. The average molecular weight is 242 g/mol. The van der Waals surface area contributed by atoms with Gasteiger partial charge in [-0.05, 0) is 26.0 Å². The van der Waals surface area contributed by atoms with Gasteiger partial charge in [-0.15, -0.1) is 0 Å². The second-order valence-corrected chi connectivity index (χ2v) is 4.19. The molecule has 1 N–H and O–H groups in total. The van der Waals surface area contributed by atoms with Gasteiger partial charge in [0.15, 0.2) is 0 Å². The van der Waals surface area contributed by atoms with Crippen molar-refractivity contribution in [2.45, 2.75) is 13.8 Å². The Bertz CT molecular complexity index is 548. The zero-order valence-electron chi connectivity index (χ0n) is 10.3. The van der Waals surface area contributed by atoms with Gasteiger partial charge < -0.3 is 5.32 Å². The molecule has 4 nitrogen and oxygen atoms in total. The highest BCUT2D eigenvalue weighted by atomic mass is 16.2. The van der Waals surface area contributed by atoms with E-state index in [4.69, 9.17) is 0 Å². The number of rotatable bonds is 1. The van der Waals surface area contributed by atoms with Crippen molar-refractivity contribution >= 4 is 17.5 Å². The van der Waals surface area contributed by atoms with Crippen molar-refractivity contribution in [3.8, 4) is 0 Å². The largest absolute Gasteiger partial charge is 0.325 e. The lowest BCUT2D eigenvalue weighted by Gasteiger charge is -2.25.